The van der Waals surface area contributed by atoms with E-state index in [4.69, 9.17) is 11.6 Å². The van der Waals surface area contributed by atoms with Gasteiger partial charge in [-0.3, -0.25) is 9.36 Å². The van der Waals surface area contributed by atoms with Crippen LogP contribution in [0, 0.1) is 12.8 Å². The van der Waals surface area contributed by atoms with E-state index in [1.54, 1.807) is 0 Å². The smallest absolute Gasteiger partial charge is 0.229 e. The molecule has 2 aromatic heterocycles. The van der Waals surface area contributed by atoms with Gasteiger partial charge in [0.1, 0.15) is 0 Å². The Bertz CT molecular complexity index is 939. The minimum atomic E-state index is -0.0870. The summed E-state index contributed by atoms with van der Waals surface area (Å²) in [6, 6.07) is 9.48. The molecule has 3 heterocycles. The largest absolute Gasteiger partial charge is 0.346 e. The number of carbonyl (C=O) groups excluding carboxylic acids is 1. The van der Waals surface area contributed by atoms with Crippen molar-refractivity contribution in [1.82, 2.24) is 14.8 Å². The van der Waals surface area contributed by atoms with E-state index in [0.717, 1.165) is 40.9 Å². The number of aromatic nitrogens is 3. The van der Waals surface area contributed by atoms with Crippen LogP contribution in [0.3, 0.4) is 0 Å². The van der Waals surface area contributed by atoms with Gasteiger partial charge in [0.05, 0.1) is 5.92 Å². The lowest BCUT2D eigenvalue weighted by molar-refractivity contribution is -0.120. The molecule has 6 nitrogen and oxygen atoms in total. The fourth-order valence-electron chi connectivity index (χ4n) is 3.24. The second-order valence-corrected chi connectivity index (χ2v) is 7.99. The number of halogens is 1. The maximum absolute atomic E-state index is 12.8. The number of hydrogen-bond acceptors (Lipinski definition) is 5. The van der Waals surface area contributed by atoms with Crippen LogP contribution < -0.4 is 10.2 Å². The van der Waals surface area contributed by atoms with Crippen LogP contribution in [0.4, 0.5) is 10.8 Å². The van der Waals surface area contributed by atoms with Crippen LogP contribution in [0.2, 0.25) is 5.02 Å². The van der Waals surface area contributed by atoms with E-state index < -0.39 is 0 Å². The Hall–Kier alpha value is -2.38. The van der Waals surface area contributed by atoms with Gasteiger partial charge < -0.3 is 10.2 Å². The topological polar surface area (TPSA) is 63.1 Å². The molecule has 0 bridgehead atoms. The fraction of sp³-hybridized carbons (Fsp3) is 0.316. The Morgan fingerprint density at radius 2 is 2.00 bits per heavy atom. The average Bonchev–Trinajstić information content (AvgIpc) is 3.37. The van der Waals surface area contributed by atoms with E-state index >= 15 is 0 Å². The van der Waals surface area contributed by atoms with Crippen molar-refractivity contribution < 1.29 is 4.79 Å². The lowest BCUT2D eigenvalue weighted by Gasteiger charge is -2.31. The van der Waals surface area contributed by atoms with Crippen molar-refractivity contribution in [3.63, 3.8) is 0 Å². The third-order valence-electron chi connectivity index (χ3n) is 4.82. The molecule has 0 saturated carbocycles. The molecule has 4 rings (SSSR count). The Labute approximate surface area is 166 Å². The summed E-state index contributed by atoms with van der Waals surface area (Å²) in [6.45, 7) is 3.45. The van der Waals surface area contributed by atoms with Crippen molar-refractivity contribution in [2.75, 3.05) is 23.3 Å². The molecule has 1 saturated heterocycles. The molecule has 8 heteroatoms. The number of benzene rings is 1. The summed E-state index contributed by atoms with van der Waals surface area (Å²) >= 11 is 7.69. The van der Waals surface area contributed by atoms with Gasteiger partial charge in [-0.05, 0) is 49.6 Å². The molecule has 0 spiro atoms. The van der Waals surface area contributed by atoms with E-state index in [9.17, 15) is 4.79 Å². The SMILES string of the molecule is Cc1c(Cl)cccc1NC(=O)[C@@H]1CCCN(c2nnc(-n3cccc3)s2)C1. The highest BCUT2D eigenvalue weighted by molar-refractivity contribution is 7.17. The first-order valence-corrected chi connectivity index (χ1v) is 10.1. The predicted molar refractivity (Wildman–Crippen MR) is 109 cm³/mol. The van der Waals surface area contributed by atoms with Crippen molar-refractivity contribution in [1.29, 1.82) is 0 Å². The van der Waals surface area contributed by atoms with Crippen LogP contribution in [0.15, 0.2) is 42.7 Å². The number of nitrogens with one attached hydrogen (secondary N) is 1. The van der Waals surface area contributed by atoms with Crippen molar-refractivity contribution in [2.24, 2.45) is 5.92 Å². The molecule has 140 valence electrons. The van der Waals surface area contributed by atoms with Crippen molar-refractivity contribution in [3.8, 4) is 5.13 Å². The molecule has 0 radical (unpaired) electrons. The summed E-state index contributed by atoms with van der Waals surface area (Å²) in [5, 5.41) is 14.0. The molecule has 0 unspecified atom stereocenters. The minimum Gasteiger partial charge on any atom is -0.346 e. The molecule has 1 amide bonds. The van der Waals surface area contributed by atoms with Gasteiger partial charge in [-0.1, -0.05) is 29.0 Å². The van der Waals surface area contributed by atoms with E-state index in [0.29, 0.717) is 11.6 Å². The zero-order chi connectivity index (χ0) is 18.8. The van der Waals surface area contributed by atoms with Crippen LogP contribution >= 0.6 is 22.9 Å². The van der Waals surface area contributed by atoms with Crippen molar-refractivity contribution >= 4 is 39.7 Å². The predicted octanol–water partition coefficient (Wildman–Crippen LogP) is 4.15. The summed E-state index contributed by atoms with van der Waals surface area (Å²) in [7, 11) is 0. The fourth-order valence-corrected chi connectivity index (χ4v) is 4.27. The summed E-state index contributed by atoms with van der Waals surface area (Å²) < 4.78 is 1.94. The van der Waals surface area contributed by atoms with Gasteiger partial charge in [-0.2, -0.15) is 0 Å². The molecule has 0 aliphatic carbocycles. The first-order chi connectivity index (χ1) is 13.1. The average molecular weight is 402 g/mol. The second kappa shape index (κ2) is 7.70. The van der Waals surface area contributed by atoms with Crippen LogP contribution in [0.1, 0.15) is 18.4 Å². The number of carbonyl (C=O) groups is 1. The molecular weight excluding hydrogens is 382 g/mol. The van der Waals surface area contributed by atoms with Gasteiger partial charge in [0.2, 0.25) is 16.2 Å². The van der Waals surface area contributed by atoms with Gasteiger partial charge in [0, 0.05) is 36.2 Å². The number of piperidine rings is 1. The summed E-state index contributed by atoms with van der Waals surface area (Å²) in [5.74, 6) is -0.0590. The molecular formula is C19H20ClN5OS. The highest BCUT2D eigenvalue weighted by atomic mass is 35.5. The Balaban J connectivity index is 1.45. The zero-order valence-corrected chi connectivity index (χ0v) is 16.5. The normalized spacial score (nSPS) is 17.1. The monoisotopic (exact) mass is 401 g/mol. The molecule has 1 atom stereocenters. The molecule has 27 heavy (non-hydrogen) atoms. The van der Waals surface area contributed by atoms with Crippen molar-refractivity contribution in [2.45, 2.75) is 19.8 Å². The van der Waals surface area contributed by atoms with Gasteiger partial charge >= 0.3 is 0 Å². The number of anilines is 2. The summed E-state index contributed by atoms with van der Waals surface area (Å²) in [5.41, 5.74) is 1.66. The maximum Gasteiger partial charge on any atom is 0.229 e. The Morgan fingerprint density at radius 1 is 1.22 bits per heavy atom. The maximum atomic E-state index is 12.8. The molecule has 1 N–H and O–H groups in total. The number of rotatable bonds is 4. The van der Waals surface area contributed by atoms with E-state index in [1.807, 2.05) is 54.2 Å². The quantitative estimate of drug-likeness (QED) is 0.713. The lowest BCUT2D eigenvalue weighted by Crippen LogP contribution is -2.40. The van der Waals surface area contributed by atoms with Gasteiger partial charge in [-0.15, -0.1) is 10.2 Å². The zero-order valence-electron chi connectivity index (χ0n) is 14.9. The van der Waals surface area contributed by atoms with Gasteiger partial charge in [0.15, 0.2) is 0 Å². The van der Waals surface area contributed by atoms with Crippen LogP contribution in [-0.2, 0) is 4.79 Å². The number of hydrogen-bond donors (Lipinski definition) is 1. The van der Waals surface area contributed by atoms with Gasteiger partial charge in [0.25, 0.3) is 0 Å². The minimum absolute atomic E-state index is 0.0280. The van der Waals surface area contributed by atoms with Gasteiger partial charge in [-0.25, -0.2) is 0 Å². The first kappa shape index (κ1) is 18.0. The lowest BCUT2D eigenvalue weighted by atomic mass is 9.97. The Morgan fingerprint density at radius 3 is 2.81 bits per heavy atom. The molecule has 1 aliphatic rings. The molecule has 1 aliphatic heterocycles. The van der Waals surface area contributed by atoms with Crippen molar-refractivity contribution in [3.05, 3.63) is 53.3 Å². The third-order valence-corrected chi connectivity index (χ3v) is 6.22. The standard InChI is InChI=1S/C19H20ClN5OS/c1-13-15(20)7-4-8-16(13)21-17(26)14-6-5-11-25(12-14)19-23-22-18(27-19)24-9-2-3-10-24/h2-4,7-10,14H,5-6,11-12H2,1H3,(H,21,26)/t14-/m1/s1. The highest BCUT2D eigenvalue weighted by Gasteiger charge is 2.28. The molecule has 3 aromatic rings. The van der Waals surface area contributed by atoms with Crippen LogP contribution in [0.25, 0.3) is 5.13 Å². The van der Waals surface area contributed by atoms with Crippen LogP contribution in [0.5, 0.6) is 0 Å². The summed E-state index contributed by atoms with van der Waals surface area (Å²) in [4.78, 5) is 14.9. The van der Waals surface area contributed by atoms with E-state index in [1.165, 1.54) is 11.3 Å². The Kier molecular flexibility index (Phi) is 5.13. The highest BCUT2D eigenvalue weighted by Crippen LogP contribution is 2.29. The third kappa shape index (κ3) is 3.84. The van der Waals surface area contributed by atoms with E-state index in [2.05, 4.69) is 20.4 Å². The van der Waals surface area contributed by atoms with Crippen LogP contribution in [-0.4, -0.2) is 33.8 Å². The second-order valence-electron chi connectivity index (χ2n) is 6.64. The van der Waals surface area contributed by atoms with E-state index in [-0.39, 0.29) is 11.8 Å². The number of amides is 1. The first-order valence-electron chi connectivity index (χ1n) is 8.89. The summed E-state index contributed by atoms with van der Waals surface area (Å²) in [6.07, 6.45) is 5.71. The number of nitrogens with zero attached hydrogens (tertiary/aromatic N) is 4. The molecule has 1 aromatic carbocycles. The molecule has 1 fully saturated rings.